The second-order valence-corrected chi connectivity index (χ2v) is 6.68. The molecule has 3 N–H and O–H groups in total. The van der Waals surface area contributed by atoms with Crippen molar-refractivity contribution in [2.45, 2.75) is 25.7 Å². The Morgan fingerprint density at radius 1 is 1.05 bits per heavy atom. The first-order valence-corrected chi connectivity index (χ1v) is 7.85. The molecule has 2 aromatic carbocycles. The number of anilines is 2. The number of nitrogens with one attached hydrogen (secondary N) is 1. The Hall–Kier alpha value is -2.08. The fourth-order valence-electron chi connectivity index (χ4n) is 2.29. The predicted octanol–water partition coefficient (Wildman–Crippen LogP) is 3.13. The number of sulfonamides is 1. The number of nitrogens with two attached hydrogens (primary N) is 1. The summed E-state index contributed by atoms with van der Waals surface area (Å²) in [5.74, 6) is -0.459. The predicted molar refractivity (Wildman–Crippen MR) is 82.3 cm³/mol. The van der Waals surface area contributed by atoms with E-state index >= 15 is 0 Å². The first-order chi connectivity index (χ1) is 9.70. The van der Waals surface area contributed by atoms with Crippen LogP contribution in [0.4, 0.5) is 15.8 Å². The van der Waals surface area contributed by atoms with Crippen LogP contribution >= 0.6 is 0 Å². The maximum atomic E-state index is 13.3. The molecule has 0 saturated heterocycles. The van der Waals surface area contributed by atoms with Crippen LogP contribution in [-0.2, 0) is 10.0 Å². The quantitative estimate of drug-likeness (QED) is 0.856. The fourth-order valence-corrected chi connectivity index (χ4v) is 3.84. The highest BCUT2D eigenvalue weighted by Gasteiger charge is 2.21. The van der Waals surface area contributed by atoms with Gasteiger partial charge in [-0.15, -0.1) is 0 Å². The Morgan fingerprint density at radius 3 is 2.14 bits per heavy atom. The minimum Gasteiger partial charge on any atom is -0.397 e. The van der Waals surface area contributed by atoms with Crippen molar-refractivity contribution < 1.29 is 12.8 Å². The fraction of sp³-hybridized carbons (Fsp3) is 0.200. The largest absolute Gasteiger partial charge is 0.397 e. The van der Waals surface area contributed by atoms with E-state index in [2.05, 4.69) is 4.72 Å². The van der Waals surface area contributed by atoms with E-state index in [0.717, 1.165) is 5.56 Å². The van der Waals surface area contributed by atoms with Gasteiger partial charge in [0.2, 0.25) is 0 Å². The summed E-state index contributed by atoms with van der Waals surface area (Å²) in [5, 5.41) is 0. The van der Waals surface area contributed by atoms with Crippen molar-refractivity contribution in [3.63, 3.8) is 0 Å². The second kappa shape index (κ2) is 5.37. The molecule has 2 rings (SSSR count). The van der Waals surface area contributed by atoms with E-state index in [4.69, 9.17) is 5.73 Å². The average molecular weight is 308 g/mol. The molecule has 6 heteroatoms. The number of halogens is 1. The van der Waals surface area contributed by atoms with Crippen molar-refractivity contribution in [3.05, 3.63) is 52.8 Å². The van der Waals surface area contributed by atoms with Gasteiger partial charge in [-0.1, -0.05) is 6.07 Å². The SMILES string of the molecule is Cc1ccc(NS(=O)(=O)c2c(C)cc(F)cc2C)c(N)c1. The van der Waals surface area contributed by atoms with Crippen LogP contribution in [0.15, 0.2) is 35.2 Å². The van der Waals surface area contributed by atoms with Crippen molar-refractivity contribution in [1.82, 2.24) is 0 Å². The van der Waals surface area contributed by atoms with Crippen molar-refractivity contribution in [1.29, 1.82) is 0 Å². The molecule has 0 radical (unpaired) electrons. The third-order valence-corrected chi connectivity index (χ3v) is 4.82. The zero-order valence-corrected chi connectivity index (χ0v) is 12.9. The molecule has 112 valence electrons. The molecule has 0 saturated carbocycles. The second-order valence-electron chi connectivity index (χ2n) is 5.06. The van der Waals surface area contributed by atoms with Crippen molar-refractivity contribution in [3.8, 4) is 0 Å². The van der Waals surface area contributed by atoms with E-state index < -0.39 is 15.8 Å². The summed E-state index contributed by atoms with van der Waals surface area (Å²) in [6.07, 6.45) is 0. The number of hydrogen-bond donors (Lipinski definition) is 2. The number of rotatable bonds is 3. The van der Waals surface area contributed by atoms with Gasteiger partial charge in [-0.05, 0) is 61.7 Å². The lowest BCUT2D eigenvalue weighted by molar-refractivity contribution is 0.597. The van der Waals surface area contributed by atoms with Gasteiger partial charge in [-0.25, -0.2) is 12.8 Å². The molecule has 0 atom stereocenters. The van der Waals surface area contributed by atoms with E-state index in [1.807, 2.05) is 6.92 Å². The number of aryl methyl sites for hydroxylation is 3. The van der Waals surface area contributed by atoms with Crippen molar-refractivity contribution in [2.24, 2.45) is 0 Å². The highest BCUT2D eigenvalue weighted by Crippen LogP contribution is 2.27. The van der Waals surface area contributed by atoms with E-state index in [1.165, 1.54) is 12.1 Å². The first kappa shape index (κ1) is 15.3. The third kappa shape index (κ3) is 3.16. The van der Waals surface area contributed by atoms with Crippen LogP contribution in [0.3, 0.4) is 0 Å². The first-order valence-electron chi connectivity index (χ1n) is 6.36. The van der Waals surface area contributed by atoms with Gasteiger partial charge in [-0.3, -0.25) is 4.72 Å². The highest BCUT2D eigenvalue weighted by atomic mass is 32.2. The van der Waals surface area contributed by atoms with Gasteiger partial charge >= 0.3 is 0 Å². The van der Waals surface area contributed by atoms with Gasteiger partial charge in [0.25, 0.3) is 10.0 Å². The van der Waals surface area contributed by atoms with Crippen LogP contribution < -0.4 is 10.5 Å². The summed E-state index contributed by atoms with van der Waals surface area (Å²) in [4.78, 5) is 0.0730. The van der Waals surface area contributed by atoms with Crippen LogP contribution in [0, 0.1) is 26.6 Å². The van der Waals surface area contributed by atoms with Gasteiger partial charge in [-0.2, -0.15) is 0 Å². The Morgan fingerprint density at radius 2 is 1.62 bits per heavy atom. The smallest absolute Gasteiger partial charge is 0.262 e. The summed E-state index contributed by atoms with van der Waals surface area (Å²) in [7, 11) is -3.82. The van der Waals surface area contributed by atoms with Gasteiger partial charge < -0.3 is 5.73 Å². The molecule has 0 aliphatic rings. The van der Waals surface area contributed by atoms with E-state index in [1.54, 1.807) is 32.0 Å². The molecule has 0 heterocycles. The van der Waals surface area contributed by atoms with Crippen LogP contribution in [0.5, 0.6) is 0 Å². The monoisotopic (exact) mass is 308 g/mol. The zero-order valence-electron chi connectivity index (χ0n) is 12.1. The van der Waals surface area contributed by atoms with Crippen LogP contribution in [0.25, 0.3) is 0 Å². The normalized spacial score (nSPS) is 11.4. The Labute approximate surface area is 123 Å². The maximum absolute atomic E-state index is 13.3. The minimum absolute atomic E-state index is 0.0730. The number of benzene rings is 2. The van der Waals surface area contributed by atoms with Crippen LogP contribution in [-0.4, -0.2) is 8.42 Å². The molecule has 0 aromatic heterocycles. The zero-order chi connectivity index (χ0) is 15.8. The topological polar surface area (TPSA) is 72.2 Å². The highest BCUT2D eigenvalue weighted by molar-refractivity contribution is 7.92. The average Bonchev–Trinajstić information content (AvgIpc) is 2.30. The summed E-state index contributed by atoms with van der Waals surface area (Å²) >= 11 is 0. The van der Waals surface area contributed by atoms with E-state index in [9.17, 15) is 12.8 Å². The standard InChI is InChI=1S/C15H17FN2O2S/c1-9-4-5-14(13(17)6-9)18-21(19,20)15-10(2)7-12(16)8-11(15)3/h4-8,18H,17H2,1-3H3. The molecule has 0 amide bonds. The van der Waals surface area contributed by atoms with Gasteiger partial charge in [0.05, 0.1) is 16.3 Å². The molecular weight excluding hydrogens is 291 g/mol. The van der Waals surface area contributed by atoms with Gasteiger partial charge in [0.1, 0.15) is 5.82 Å². The Kier molecular flexibility index (Phi) is 3.91. The third-order valence-electron chi connectivity index (χ3n) is 3.15. The molecule has 0 unspecified atom stereocenters. The molecule has 4 nitrogen and oxygen atoms in total. The summed E-state index contributed by atoms with van der Waals surface area (Å²) in [6, 6.07) is 7.44. The summed E-state index contributed by atoms with van der Waals surface area (Å²) in [5.41, 5.74) is 8.11. The van der Waals surface area contributed by atoms with E-state index in [-0.39, 0.29) is 4.90 Å². The molecule has 0 fully saturated rings. The lowest BCUT2D eigenvalue weighted by Crippen LogP contribution is -2.17. The number of nitrogen functional groups attached to an aromatic ring is 1. The lowest BCUT2D eigenvalue weighted by atomic mass is 10.1. The molecule has 0 aliphatic carbocycles. The molecule has 21 heavy (non-hydrogen) atoms. The number of hydrogen-bond acceptors (Lipinski definition) is 3. The molecule has 0 spiro atoms. The Bertz CT molecular complexity index is 778. The molecular formula is C15H17FN2O2S. The van der Waals surface area contributed by atoms with Gasteiger partial charge in [0, 0.05) is 0 Å². The molecule has 2 aromatic rings. The van der Waals surface area contributed by atoms with E-state index in [0.29, 0.717) is 22.5 Å². The molecule has 0 aliphatic heterocycles. The van der Waals surface area contributed by atoms with Gasteiger partial charge in [0.15, 0.2) is 0 Å². The summed E-state index contributed by atoms with van der Waals surface area (Å²) < 4.78 is 40.8. The maximum Gasteiger partial charge on any atom is 0.262 e. The van der Waals surface area contributed by atoms with Crippen molar-refractivity contribution in [2.75, 3.05) is 10.5 Å². The van der Waals surface area contributed by atoms with Crippen LogP contribution in [0.2, 0.25) is 0 Å². The van der Waals surface area contributed by atoms with Crippen molar-refractivity contribution >= 4 is 21.4 Å². The van der Waals surface area contributed by atoms with Crippen LogP contribution in [0.1, 0.15) is 16.7 Å². The summed E-state index contributed by atoms with van der Waals surface area (Å²) in [6.45, 7) is 4.98. The molecule has 0 bridgehead atoms. The lowest BCUT2D eigenvalue weighted by Gasteiger charge is -2.14. The minimum atomic E-state index is -3.82. The Balaban J connectivity index is 2.48.